The van der Waals surface area contributed by atoms with E-state index in [1.165, 1.54) is 12.3 Å². The van der Waals surface area contributed by atoms with Crippen molar-refractivity contribution in [3.05, 3.63) is 58.2 Å². The highest BCUT2D eigenvalue weighted by Gasteiger charge is 2.13. The van der Waals surface area contributed by atoms with Crippen LogP contribution in [0.25, 0.3) is 11.5 Å². The molecule has 0 aliphatic rings. The molecule has 2 N–H and O–H groups in total. The van der Waals surface area contributed by atoms with Crippen LogP contribution in [-0.4, -0.2) is 21.1 Å². The number of nitrogens with zero attached hydrogens (tertiary/aromatic N) is 2. The van der Waals surface area contributed by atoms with Crippen molar-refractivity contribution >= 4 is 5.91 Å². The number of furan rings is 1. The third-order valence-corrected chi connectivity index (χ3v) is 2.91. The first-order chi connectivity index (χ1) is 10.6. The number of amides is 1. The Bertz CT molecular complexity index is 848. The van der Waals surface area contributed by atoms with E-state index in [1.54, 1.807) is 25.1 Å². The van der Waals surface area contributed by atoms with E-state index in [-0.39, 0.29) is 18.0 Å². The number of carbonyl (C=O) groups is 1. The van der Waals surface area contributed by atoms with Crippen LogP contribution < -0.4 is 10.9 Å². The largest absolute Gasteiger partial charge is 0.463 e. The highest BCUT2D eigenvalue weighted by atomic mass is 16.4. The van der Waals surface area contributed by atoms with Crippen LogP contribution in [0.3, 0.4) is 0 Å². The average molecular weight is 300 g/mol. The van der Waals surface area contributed by atoms with E-state index in [9.17, 15) is 9.59 Å². The van der Waals surface area contributed by atoms with Gasteiger partial charge in [0, 0.05) is 6.92 Å². The predicted octanol–water partition coefficient (Wildman–Crippen LogP) is 1.26. The van der Waals surface area contributed by atoms with Gasteiger partial charge >= 0.3 is 0 Å². The lowest BCUT2D eigenvalue weighted by Gasteiger charge is -2.03. The second-order valence-electron chi connectivity index (χ2n) is 4.49. The van der Waals surface area contributed by atoms with Gasteiger partial charge in [0.25, 0.3) is 11.5 Å². The molecule has 3 heterocycles. The number of H-pyrrole nitrogens is 1. The average Bonchev–Trinajstić information content (AvgIpc) is 3.16. The molecule has 112 valence electrons. The molecule has 0 aromatic carbocycles. The topological polar surface area (TPSA) is 114 Å². The Labute approximate surface area is 124 Å². The highest BCUT2D eigenvalue weighted by molar-refractivity contribution is 5.93. The van der Waals surface area contributed by atoms with Gasteiger partial charge in [0.05, 0.1) is 18.5 Å². The normalized spacial score (nSPS) is 10.6. The van der Waals surface area contributed by atoms with Gasteiger partial charge in [-0.2, -0.15) is 0 Å². The van der Waals surface area contributed by atoms with Crippen LogP contribution in [0.2, 0.25) is 0 Å². The Morgan fingerprint density at radius 2 is 2.18 bits per heavy atom. The molecule has 3 rings (SSSR count). The Morgan fingerprint density at radius 3 is 2.82 bits per heavy atom. The molecule has 1 amide bonds. The van der Waals surface area contributed by atoms with Crippen molar-refractivity contribution in [2.45, 2.75) is 13.5 Å². The first-order valence-corrected chi connectivity index (χ1v) is 6.48. The number of rotatable bonds is 4. The molecule has 8 nitrogen and oxygen atoms in total. The van der Waals surface area contributed by atoms with Gasteiger partial charge in [-0.15, -0.1) is 10.2 Å². The van der Waals surface area contributed by atoms with Crippen molar-refractivity contribution in [1.82, 2.24) is 20.5 Å². The molecule has 0 aliphatic heterocycles. The fourth-order valence-electron chi connectivity index (χ4n) is 1.89. The number of nitrogens with one attached hydrogen (secondary N) is 2. The summed E-state index contributed by atoms with van der Waals surface area (Å²) in [6.07, 6.45) is 1.50. The maximum atomic E-state index is 12.0. The van der Waals surface area contributed by atoms with E-state index in [2.05, 4.69) is 20.5 Å². The molecule has 0 saturated carbocycles. The van der Waals surface area contributed by atoms with Crippen molar-refractivity contribution in [3.8, 4) is 11.5 Å². The minimum atomic E-state index is -0.525. The monoisotopic (exact) mass is 300 g/mol. The van der Waals surface area contributed by atoms with E-state index in [0.29, 0.717) is 17.3 Å². The molecule has 0 radical (unpaired) electrons. The molecule has 0 spiro atoms. The molecule has 0 fully saturated rings. The summed E-state index contributed by atoms with van der Waals surface area (Å²) in [5.74, 6) is 0.674. The standard InChI is InChI=1S/C14H12N4O4/c1-8-17-18-12(22-8)7-15-13(19)9-4-5-10(16-14(9)20)11-3-2-6-21-11/h2-6H,7H2,1H3,(H,15,19)(H,16,20). The molecule has 0 atom stereocenters. The van der Waals surface area contributed by atoms with Gasteiger partial charge in [-0.25, -0.2) is 0 Å². The Morgan fingerprint density at radius 1 is 1.32 bits per heavy atom. The minimum Gasteiger partial charge on any atom is -0.463 e. The van der Waals surface area contributed by atoms with Crippen LogP contribution in [-0.2, 0) is 6.54 Å². The summed E-state index contributed by atoms with van der Waals surface area (Å²) in [4.78, 5) is 26.6. The first-order valence-electron chi connectivity index (χ1n) is 6.48. The Hall–Kier alpha value is -3.16. The Balaban J connectivity index is 1.74. The smallest absolute Gasteiger partial charge is 0.261 e. The van der Waals surface area contributed by atoms with Crippen molar-refractivity contribution in [3.63, 3.8) is 0 Å². The van der Waals surface area contributed by atoms with E-state index in [4.69, 9.17) is 8.83 Å². The molecule has 0 aliphatic carbocycles. The Kier molecular flexibility index (Phi) is 3.57. The summed E-state index contributed by atoms with van der Waals surface area (Å²) < 4.78 is 10.3. The van der Waals surface area contributed by atoms with Crippen molar-refractivity contribution in [1.29, 1.82) is 0 Å². The molecule has 0 saturated heterocycles. The zero-order valence-corrected chi connectivity index (χ0v) is 11.6. The number of carbonyl (C=O) groups excluding carboxylic acids is 1. The summed E-state index contributed by atoms with van der Waals surface area (Å²) in [5.41, 5.74) is -0.0151. The number of aromatic amines is 1. The number of aryl methyl sites for hydroxylation is 1. The maximum absolute atomic E-state index is 12.0. The molecule has 22 heavy (non-hydrogen) atoms. The van der Waals surface area contributed by atoms with Gasteiger partial charge in [-0.3, -0.25) is 9.59 Å². The van der Waals surface area contributed by atoms with E-state index < -0.39 is 11.5 Å². The molecule has 8 heteroatoms. The lowest BCUT2D eigenvalue weighted by atomic mass is 10.2. The summed E-state index contributed by atoms with van der Waals surface area (Å²) in [5, 5.41) is 9.95. The van der Waals surface area contributed by atoms with Gasteiger partial charge in [0.15, 0.2) is 0 Å². The van der Waals surface area contributed by atoms with Crippen LogP contribution in [0, 0.1) is 6.92 Å². The van der Waals surface area contributed by atoms with E-state index in [0.717, 1.165) is 0 Å². The third-order valence-electron chi connectivity index (χ3n) is 2.91. The summed E-state index contributed by atoms with van der Waals surface area (Å²) in [7, 11) is 0. The quantitative estimate of drug-likeness (QED) is 0.749. The summed E-state index contributed by atoms with van der Waals surface area (Å²) in [6, 6.07) is 6.46. The number of hydrogen-bond donors (Lipinski definition) is 2. The van der Waals surface area contributed by atoms with Crippen molar-refractivity contribution in [2.75, 3.05) is 0 Å². The predicted molar refractivity (Wildman–Crippen MR) is 75.0 cm³/mol. The summed E-state index contributed by atoms with van der Waals surface area (Å²) in [6.45, 7) is 1.70. The van der Waals surface area contributed by atoms with Crippen LogP contribution in [0.1, 0.15) is 22.1 Å². The fraction of sp³-hybridized carbons (Fsp3) is 0.143. The SMILES string of the molecule is Cc1nnc(CNC(=O)c2ccc(-c3ccco3)[nH]c2=O)o1. The van der Waals surface area contributed by atoms with Gasteiger partial charge in [0.2, 0.25) is 11.8 Å². The molecule has 3 aromatic heterocycles. The lowest BCUT2D eigenvalue weighted by molar-refractivity contribution is 0.0945. The third kappa shape index (κ3) is 2.80. The van der Waals surface area contributed by atoms with Crippen LogP contribution >= 0.6 is 0 Å². The van der Waals surface area contributed by atoms with Gasteiger partial charge in [0.1, 0.15) is 11.3 Å². The molecule has 0 unspecified atom stereocenters. The van der Waals surface area contributed by atoms with Gasteiger partial charge in [-0.1, -0.05) is 0 Å². The number of aromatic nitrogens is 3. The van der Waals surface area contributed by atoms with Gasteiger partial charge in [-0.05, 0) is 24.3 Å². The molecule has 0 bridgehead atoms. The highest BCUT2D eigenvalue weighted by Crippen LogP contribution is 2.15. The van der Waals surface area contributed by atoms with E-state index in [1.807, 2.05) is 0 Å². The number of pyridine rings is 1. The molecule has 3 aromatic rings. The zero-order chi connectivity index (χ0) is 15.5. The van der Waals surface area contributed by atoms with E-state index >= 15 is 0 Å². The van der Waals surface area contributed by atoms with Crippen LogP contribution in [0.15, 0.2) is 44.2 Å². The van der Waals surface area contributed by atoms with Crippen LogP contribution in [0.4, 0.5) is 0 Å². The molecular formula is C14H12N4O4. The fourth-order valence-corrected chi connectivity index (χ4v) is 1.89. The maximum Gasteiger partial charge on any atom is 0.261 e. The number of hydrogen-bond acceptors (Lipinski definition) is 6. The lowest BCUT2D eigenvalue weighted by Crippen LogP contribution is -2.29. The minimum absolute atomic E-state index is 0.00783. The van der Waals surface area contributed by atoms with Gasteiger partial charge < -0.3 is 19.1 Å². The summed E-state index contributed by atoms with van der Waals surface area (Å²) >= 11 is 0. The van der Waals surface area contributed by atoms with Crippen LogP contribution in [0.5, 0.6) is 0 Å². The zero-order valence-electron chi connectivity index (χ0n) is 11.6. The molecular weight excluding hydrogens is 288 g/mol. The second-order valence-corrected chi connectivity index (χ2v) is 4.49. The van der Waals surface area contributed by atoms with Crippen molar-refractivity contribution in [2.24, 2.45) is 0 Å². The second kappa shape index (κ2) is 5.68. The van der Waals surface area contributed by atoms with Crippen molar-refractivity contribution < 1.29 is 13.6 Å². The first kappa shape index (κ1) is 13.8.